The van der Waals surface area contributed by atoms with Crippen molar-refractivity contribution in [3.8, 4) is 22.9 Å². The van der Waals surface area contributed by atoms with E-state index in [4.69, 9.17) is 9.47 Å². The van der Waals surface area contributed by atoms with Crippen molar-refractivity contribution in [1.82, 2.24) is 14.6 Å². The topological polar surface area (TPSA) is 65.7 Å². The van der Waals surface area contributed by atoms with Crippen LogP contribution < -0.4 is 19.6 Å². The number of nitrogens with zero attached hydrogens (tertiary/aromatic N) is 3. The zero-order valence-electron chi connectivity index (χ0n) is 18.0. The minimum Gasteiger partial charge on any atom is -0.493 e. The van der Waals surface area contributed by atoms with Gasteiger partial charge in [-0.05, 0) is 42.3 Å². The fourth-order valence-corrected chi connectivity index (χ4v) is 4.72. The van der Waals surface area contributed by atoms with Crippen molar-refractivity contribution in [2.45, 2.75) is 32.6 Å². The second-order valence-electron chi connectivity index (χ2n) is 7.34. The van der Waals surface area contributed by atoms with Crippen LogP contribution >= 0.6 is 27.3 Å². The lowest BCUT2D eigenvalue weighted by atomic mass is 10.2. The van der Waals surface area contributed by atoms with Crippen molar-refractivity contribution in [3.05, 3.63) is 67.4 Å². The summed E-state index contributed by atoms with van der Waals surface area (Å²) < 4.78 is 14.2. The second kappa shape index (κ2) is 10.3. The minimum atomic E-state index is -0.189. The average molecular weight is 514 g/mol. The number of unbranched alkanes of at least 4 members (excludes halogenated alkanes) is 3. The molecule has 2 aromatic heterocycles. The summed E-state index contributed by atoms with van der Waals surface area (Å²) in [6.45, 7) is 2.85. The van der Waals surface area contributed by atoms with Crippen molar-refractivity contribution in [3.63, 3.8) is 0 Å². The summed E-state index contributed by atoms with van der Waals surface area (Å²) in [7, 11) is 1.62. The van der Waals surface area contributed by atoms with Gasteiger partial charge in [0, 0.05) is 10.0 Å². The third-order valence-electron chi connectivity index (χ3n) is 5.04. The van der Waals surface area contributed by atoms with Crippen LogP contribution in [0.1, 0.15) is 38.2 Å². The molecule has 4 rings (SSSR count). The van der Waals surface area contributed by atoms with Gasteiger partial charge in [0.1, 0.15) is 0 Å². The largest absolute Gasteiger partial charge is 0.493 e. The molecule has 6 nitrogen and oxygen atoms in total. The van der Waals surface area contributed by atoms with E-state index in [1.54, 1.807) is 7.11 Å². The van der Waals surface area contributed by atoms with E-state index >= 15 is 0 Å². The van der Waals surface area contributed by atoms with Gasteiger partial charge in [0.25, 0.3) is 5.56 Å². The van der Waals surface area contributed by atoms with Crippen LogP contribution in [0.15, 0.2) is 51.7 Å². The molecule has 0 unspecified atom stereocenters. The molecule has 0 saturated heterocycles. The second-order valence-corrected chi connectivity index (χ2v) is 9.21. The molecule has 0 fully saturated rings. The molecule has 0 bridgehead atoms. The first kappa shape index (κ1) is 22.5. The molecule has 4 aromatic rings. The Labute approximate surface area is 198 Å². The first-order valence-corrected chi connectivity index (χ1v) is 12.2. The van der Waals surface area contributed by atoms with Gasteiger partial charge in [0.15, 0.2) is 17.3 Å². The quantitative estimate of drug-likeness (QED) is 0.291. The summed E-state index contributed by atoms with van der Waals surface area (Å²) in [5.41, 5.74) is 1.52. The van der Waals surface area contributed by atoms with Gasteiger partial charge in [-0.15, -0.1) is 5.10 Å². The molecule has 8 heteroatoms. The molecule has 32 heavy (non-hydrogen) atoms. The van der Waals surface area contributed by atoms with Crippen molar-refractivity contribution >= 4 is 38.3 Å². The van der Waals surface area contributed by atoms with E-state index in [-0.39, 0.29) is 5.56 Å². The van der Waals surface area contributed by atoms with Gasteiger partial charge >= 0.3 is 0 Å². The molecule has 2 heterocycles. The number of ether oxygens (including phenoxy) is 2. The van der Waals surface area contributed by atoms with Crippen molar-refractivity contribution < 1.29 is 9.47 Å². The molecule has 0 aliphatic carbocycles. The van der Waals surface area contributed by atoms with Crippen molar-refractivity contribution in [1.29, 1.82) is 0 Å². The van der Waals surface area contributed by atoms with Gasteiger partial charge in [0.2, 0.25) is 4.96 Å². The van der Waals surface area contributed by atoms with Gasteiger partial charge < -0.3 is 9.47 Å². The maximum absolute atomic E-state index is 12.9. The zero-order valence-corrected chi connectivity index (χ0v) is 20.4. The Bertz CT molecular complexity index is 1330. The molecular formula is C24H24BrN3O3S. The summed E-state index contributed by atoms with van der Waals surface area (Å²) in [4.78, 5) is 18.0. The van der Waals surface area contributed by atoms with Crippen molar-refractivity contribution in [2.24, 2.45) is 0 Å². The standard InChI is InChI=1S/C24H24BrN3O3S/c1-3-4-5-8-13-31-19-12-11-16(14-20(19)30-2)15-21-23(29)28-24(32-21)26-22(27-28)17-9-6-7-10-18(17)25/h6-7,9-12,14-15H,3-5,8,13H2,1-2H3. The van der Waals surface area contributed by atoms with Gasteiger partial charge in [-0.2, -0.15) is 9.50 Å². The number of benzene rings is 2. The van der Waals surface area contributed by atoms with Crippen LogP contribution in [0.4, 0.5) is 0 Å². The monoisotopic (exact) mass is 513 g/mol. The molecule has 0 spiro atoms. The Morgan fingerprint density at radius 1 is 1.12 bits per heavy atom. The highest BCUT2D eigenvalue weighted by Gasteiger charge is 2.14. The predicted octanol–water partition coefficient (Wildman–Crippen LogP) is 5.10. The van der Waals surface area contributed by atoms with Crippen LogP contribution in [-0.2, 0) is 0 Å². The van der Waals surface area contributed by atoms with Gasteiger partial charge in [-0.25, -0.2) is 0 Å². The van der Waals surface area contributed by atoms with Crippen LogP contribution in [0.2, 0.25) is 0 Å². The molecule has 0 aliphatic rings. The van der Waals surface area contributed by atoms with Crippen LogP contribution in [0.5, 0.6) is 11.5 Å². The summed E-state index contributed by atoms with van der Waals surface area (Å²) in [5, 5.41) is 4.42. The smallest absolute Gasteiger partial charge is 0.291 e. The van der Waals surface area contributed by atoms with Crippen LogP contribution in [0.3, 0.4) is 0 Å². The summed E-state index contributed by atoms with van der Waals surface area (Å²) in [6.07, 6.45) is 6.43. The molecule has 0 N–H and O–H groups in total. The zero-order chi connectivity index (χ0) is 22.5. The number of halogens is 1. The van der Waals surface area contributed by atoms with E-state index in [0.717, 1.165) is 28.4 Å². The molecule has 0 radical (unpaired) electrons. The number of hydrogen-bond acceptors (Lipinski definition) is 6. The summed E-state index contributed by atoms with van der Waals surface area (Å²) in [6, 6.07) is 13.4. The van der Waals surface area contributed by atoms with E-state index in [0.29, 0.717) is 33.4 Å². The molecular weight excluding hydrogens is 490 g/mol. The Hall–Kier alpha value is -2.71. The fraction of sp³-hybridized carbons (Fsp3) is 0.292. The molecule has 2 aromatic carbocycles. The fourth-order valence-electron chi connectivity index (χ4n) is 3.35. The highest BCUT2D eigenvalue weighted by atomic mass is 79.9. The van der Waals surface area contributed by atoms with E-state index in [1.165, 1.54) is 28.7 Å². The van der Waals surface area contributed by atoms with Gasteiger partial charge in [0.05, 0.1) is 18.2 Å². The maximum atomic E-state index is 12.9. The number of methoxy groups -OCH3 is 1. The Morgan fingerprint density at radius 3 is 2.72 bits per heavy atom. The average Bonchev–Trinajstić information content (AvgIpc) is 3.33. The minimum absolute atomic E-state index is 0.189. The lowest BCUT2D eigenvalue weighted by Crippen LogP contribution is -2.23. The Morgan fingerprint density at radius 2 is 1.97 bits per heavy atom. The third-order valence-corrected chi connectivity index (χ3v) is 6.69. The van der Waals surface area contributed by atoms with E-state index in [2.05, 4.69) is 32.9 Å². The summed E-state index contributed by atoms with van der Waals surface area (Å²) in [5.74, 6) is 1.89. The summed E-state index contributed by atoms with van der Waals surface area (Å²) >= 11 is 4.82. The predicted molar refractivity (Wildman–Crippen MR) is 132 cm³/mol. The number of fused-ring (bicyclic) bond motifs is 1. The van der Waals surface area contributed by atoms with Crippen LogP contribution in [0, 0.1) is 0 Å². The highest BCUT2D eigenvalue weighted by Crippen LogP contribution is 2.29. The Kier molecular flexibility index (Phi) is 7.22. The number of hydrogen-bond donors (Lipinski definition) is 0. The number of thiazole rings is 1. The Balaban J connectivity index is 1.58. The molecule has 0 saturated carbocycles. The van der Waals surface area contributed by atoms with Crippen LogP contribution in [-0.4, -0.2) is 28.3 Å². The lowest BCUT2D eigenvalue weighted by molar-refractivity contribution is 0.285. The highest BCUT2D eigenvalue weighted by molar-refractivity contribution is 9.10. The van der Waals surface area contributed by atoms with Gasteiger partial charge in [-0.3, -0.25) is 4.79 Å². The van der Waals surface area contributed by atoms with Crippen molar-refractivity contribution in [2.75, 3.05) is 13.7 Å². The van der Waals surface area contributed by atoms with Gasteiger partial charge in [-0.1, -0.05) is 71.7 Å². The number of aromatic nitrogens is 3. The molecule has 166 valence electrons. The maximum Gasteiger partial charge on any atom is 0.291 e. The molecule has 0 atom stereocenters. The lowest BCUT2D eigenvalue weighted by Gasteiger charge is -2.11. The molecule has 0 amide bonds. The third kappa shape index (κ3) is 4.86. The van der Waals surface area contributed by atoms with E-state index in [9.17, 15) is 4.79 Å². The van der Waals surface area contributed by atoms with E-state index in [1.807, 2.05) is 48.5 Å². The number of rotatable bonds is 9. The van der Waals surface area contributed by atoms with E-state index < -0.39 is 0 Å². The first-order valence-electron chi connectivity index (χ1n) is 10.6. The first-order chi connectivity index (χ1) is 15.6. The SMILES string of the molecule is CCCCCCOc1ccc(C=c2sc3nc(-c4ccccc4Br)nn3c2=O)cc1OC. The van der Waals surface area contributed by atoms with Crippen LogP contribution in [0.25, 0.3) is 22.4 Å². The normalized spacial score (nSPS) is 11.9. The molecule has 0 aliphatic heterocycles.